The molecule has 5 nitrogen and oxygen atoms in total. The van der Waals surface area contributed by atoms with Gasteiger partial charge >= 0.3 is 0 Å². The molecule has 1 aromatic carbocycles. The van der Waals surface area contributed by atoms with Gasteiger partial charge in [0.05, 0.1) is 0 Å². The number of allylic oxidation sites excluding steroid dienone is 1. The van der Waals surface area contributed by atoms with E-state index in [0.29, 0.717) is 5.69 Å². The molecule has 0 aliphatic rings. The highest BCUT2D eigenvalue weighted by Gasteiger charge is 2.05. The summed E-state index contributed by atoms with van der Waals surface area (Å²) in [6.07, 6.45) is 9.32. The average molecular weight is 281 g/mol. The molecule has 4 N–H and O–H groups in total. The molecule has 0 aliphatic carbocycles. The van der Waals surface area contributed by atoms with Crippen molar-refractivity contribution in [3.63, 3.8) is 0 Å². The van der Waals surface area contributed by atoms with Crippen LogP contribution < -0.4 is 11.5 Å². The fraction of sp³-hybridized carbons (Fsp3) is 0.188. The maximum atomic E-state index is 5.99. The van der Waals surface area contributed by atoms with Crippen molar-refractivity contribution in [3.8, 4) is 11.1 Å². The fourth-order valence-corrected chi connectivity index (χ4v) is 1.94. The molecule has 5 heteroatoms. The summed E-state index contributed by atoms with van der Waals surface area (Å²) in [5.41, 5.74) is 16.0. The number of hydrogen-bond acceptors (Lipinski definition) is 5. The van der Waals surface area contributed by atoms with Crippen molar-refractivity contribution in [2.45, 2.75) is 13.3 Å². The summed E-state index contributed by atoms with van der Waals surface area (Å²) in [6.45, 7) is 2.86. The number of nitrogens with two attached hydrogens (primary N) is 2. The Morgan fingerprint density at radius 1 is 1.19 bits per heavy atom. The molecule has 0 aliphatic heterocycles. The van der Waals surface area contributed by atoms with Gasteiger partial charge in [-0.2, -0.15) is 0 Å². The number of rotatable bonds is 5. The molecule has 0 bridgehead atoms. The van der Waals surface area contributed by atoms with Crippen LogP contribution >= 0.6 is 0 Å². The first-order valence-corrected chi connectivity index (χ1v) is 6.82. The molecule has 1 aromatic heterocycles. The van der Waals surface area contributed by atoms with Crippen LogP contribution in [0.4, 0.5) is 5.69 Å². The summed E-state index contributed by atoms with van der Waals surface area (Å²) in [7, 11) is 0. The minimum atomic E-state index is 0.662. The van der Waals surface area contributed by atoms with Crippen molar-refractivity contribution in [1.82, 2.24) is 9.97 Å². The SMILES string of the molecule is CCCN=C/C(=C\N)c1cc(N)cc(-c2cncnc2)c1. The Morgan fingerprint density at radius 3 is 2.62 bits per heavy atom. The molecule has 0 radical (unpaired) electrons. The lowest BCUT2D eigenvalue weighted by Crippen LogP contribution is -1.96. The lowest BCUT2D eigenvalue weighted by molar-refractivity contribution is 0.938. The number of nitrogens with zero attached hydrogens (tertiary/aromatic N) is 3. The predicted octanol–water partition coefficient (Wildman–Crippen LogP) is 2.51. The van der Waals surface area contributed by atoms with Gasteiger partial charge in [0.2, 0.25) is 0 Å². The Kier molecular flexibility index (Phi) is 5.04. The standard InChI is InChI=1S/C16H19N5/c1-2-3-19-8-14(7-17)12-4-13(6-16(18)5-12)15-9-20-11-21-10-15/h4-11H,2-3,17-18H2,1H3/b14-7+,19-8?. The van der Waals surface area contributed by atoms with Crippen molar-refractivity contribution in [2.24, 2.45) is 10.7 Å². The van der Waals surface area contributed by atoms with Gasteiger partial charge in [-0.15, -0.1) is 0 Å². The van der Waals surface area contributed by atoms with E-state index >= 15 is 0 Å². The van der Waals surface area contributed by atoms with Gasteiger partial charge in [-0.1, -0.05) is 6.92 Å². The van der Waals surface area contributed by atoms with Gasteiger partial charge in [0.1, 0.15) is 6.33 Å². The molecule has 1 heterocycles. The average Bonchev–Trinajstić information content (AvgIpc) is 2.52. The monoisotopic (exact) mass is 281 g/mol. The third kappa shape index (κ3) is 3.89. The quantitative estimate of drug-likeness (QED) is 0.651. The van der Waals surface area contributed by atoms with Gasteiger partial charge in [0.15, 0.2) is 0 Å². The molecule has 2 rings (SSSR count). The molecule has 0 spiro atoms. The third-order valence-corrected chi connectivity index (χ3v) is 2.95. The second-order valence-corrected chi connectivity index (χ2v) is 4.63. The fourth-order valence-electron chi connectivity index (χ4n) is 1.94. The summed E-state index contributed by atoms with van der Waals surface area (Å²) >= 11 is 0. The van der Waals surface area contributed by atoms with Crippen LogP contribution in [0.15, 0.2) is 48.1 Å². The number of anilines is 1. The molecular formula is C16H19N5. The molecule has 0 unspecified atom stereocenters. The molecule has 0 saturated heterocycles. The van der Waals surface area contributed by atoms with Gasteiger partial charge in [-0.3, -0.25) is 4.99 Å². The molecule has 0 fully saturated rings. The molecule has 0 saturated carbocycles. The van der Waals surface area contributed by atoms with Gasteiger partial charge in [-0.25, -0.2) is 9.97 Å². The van der Waals surface area contributed by atoms with Gasteiger partial charge in [0.25, 0.3) is 0 Å². The first-order chi connectivity index (χ1) is 10.2. The molecule has 0 amide bonds. The summed E-state index contributed by atoms with van der Waals surface area (Å²) in [5.74, 6) is 0. The zero-order chi connectivity index (χ0) is 15.1. The summed E-state index contributed by atoms with van der Waals surface area (Å²) < 4.78 is 0. The Labute approximate surface area is 124 Å². The molecule has 108 valence electrons. The van der Waals surface area contributed by atoms with Crippen molar-refractivity contribution in [2.75, 3.05) is 12.3 Å². The number of aliphatic imine (C=N–C) groups is 1. The predicted molar refractivity (Wildman–Crippen MR) is 87.7 cm³/mol. The number of hydrogen-bond donors (Lipinski definition) is 2. The van der Waals surface area contributed by atoms with Gasteiger partial charge in [0, 0.05) is 48.2 Å². The van der Waals surface area contributed by atoms with E-state index in [2.05, 4.69) is 21.9 Å². The van der Waals surface area contributed by atoms with Gasteiger partial charge in [-0.05, 0) is 35.7 Å². The molecule has 0 atom stereocenters. The second kappa shape index (κ2) is 7.19. The van der Waals surface area contributed by atoms with E-state index in [0.717, 1.165) is 35.2 Å². The first kappa shape index (κ1) is 14.7. The van der Waals surface area contributed by atoms with Crippen LogP contribution in [0, 0.1) is 0 Å². The van der Waals surface area contributed by atoms with E-state index in [-0.39, 0.29) is 0 Å². The number of nitrogen functional groups attached to an aromatic ring is 1. The Morgan fingerprint density at radius 2 is 1.95 bits per heavy atom. The molecule has 21 heavy (non-hydrogen) atoms. The highest BCUT2D eigenvalue weighted by molar-refractivity contribution is 6.10. The third-order valence-electron chi connectivity index (χ3n) is 2.95. The van der Waals surface area contributed by atoms with Gasteiger partial charge < -0.3 is 11.5 Å². The van der Waals surface area contributed by atoms with Crippen LogP contribution in [0.25, 0.3) is 16.7 Å². The van der Waals surface area contributed by atoms with E-state index in [4.69, 9.17) is 11.5 Å². The van der Waals surface area contributed by atoms with E-state index in [1.54, 1.807) is 24.8 Å². The maximum Gasteiger partial charge on any atom is 0.115 e. The minimum absolute atomic E-state index is 0.662. The second-order valence-electron chi connectivity index (χ2n) is 4.63. The lowest BCUT2D eigenvalue weighted by Gasteiger charge is -2.08. The smallest absolute Gasteiger partial charge is 0.115 e. The summed E-state index contributed by atoms with van der Waals surface area (Å²) in [5, 5.41) is 0. The summed E-state index contributed by atoms with van der Waals surface area (Å²) in [6, 6.07) is 5.77. The van der Waals surface area contributed by atoms with Crippen LogP contribution in [-0.4, -0.2) is 22.7 Å². The first-order valence-electron chi connectivity index (χ1n) is 6.82. The van der Waals surface area contributed by atoms with E-state index in [9.17, 15) is 0 Å². The van der Waals surface area contributed by atoms with Crippen LogP contribution in [0.3, 0.4) is 0 Å². The maximum absolute atomic E-state index is 5.99. The van der Waals surface area contributed by atoms with Crippen molar-refractivity contribution in [3.05, 3.63) is 48.7 Å². The van der Waals surface area contributed by atoms with E-state index < -0.39 is 0 Å². The van der Waals surface area contributed by atoms with Crippen LogP contribution in [0.1, 0.15) is 18.9 Å². The van der Waals surface area contributed by atoms with Crippen molar-refractivity contribution < 1.29 is 0 Å². The topological polar surface area (TPSA) is 90.2 Å². The van der Waals surface area contributed by atoms with Crippen molar-refractivity contribution >= 4 is 17.5 Å². The van der Waals surface area contributed by atoms with Crippen LogP contribution in [0.2, 0.25) is 0 Å². The van der Waals surface area contributed by atoms with Crippen molar-refractivity contribution in [1.29, 1.82) is 0 Å². The highest BCUT2D eigenvalue weighted by Crippen LogP contribution is 2.25. The lowest BCUT2D eigenvalue weighted by atomic mass is 10.0. The van der Waals surface area contributed by atoms with E-state index in [1.165, 1.54) is 6.33 Å². The normalized spacial score (nSPS) is 12.0. The van der Waals surface area contributed by atoms with E-state index in [1.807, 2.05) is 18.2 Å². The Bertz CT molecular complexity index is 647. The highest BCUT2D eigenvalue weighted by atomic mass is 14.8. The summed E-state index contributed by atoms with van der Waals surface area (Å²) in [4.78, 5) is 12.4. The largest absolute Gasteiger partial charge is 0.404 e. The van der Waals surface area contributed by atoms with Crippen LogP contribution in [0.5, 0.6) is 0 Å². The Balaban J connectivity index is 2.39. The van der Waals surface area contributed by atoms with Crippen LogP contribution in [-0.2, 0) is 0 Å². The minimum Gasteiger partial charge on any atom is -0.404 e. The zero-order valence-corrected chi connectivity index (χ0v) is 12.0. The Hall–Kier alpha value is -2.69. The molecular weight excluding hydrogens is 262 g/mol. The number of benzene rings is 1. The number of aromatic nitrogens is 2. The zero-order valence-electron chi connectivity index (χ0n) is 12.0. The molecule has 2 aromatic rings.